The van der Waals surface area contributed by atoms with Crippen LogP contribution in [0.1, 0.15) is 52.9 Å². The van der Waals surface area contributed by atoms with Gasteiger partial charge in [0.25, 0.3) is 0 Å². The lowest BCUT2D eigenvalue weighted by atomic mass is 9.90. The van der Waals surface area contributed by atoms with Gasteiger partial charge in [-0.05, 0) is 31.1 Å². The van der Waals surface area contributed by atoms with Gasteiger partial charge < -0.3 is 9.80 Å². The van der Waals surface area contributed by atoms with E-state index in [0.717, 1.165) is 51.9 Å². The van der Waals surface area contributed by atoms with Crippen LogP contribution in [0.2, 0.25) is 0 Å². The molecule has 2 fully saturated rings. The fourth-order valence-corrected chi connectivity index (χ4v) is 3.14. The second-order valence-corrected chi connectivity index (χ2v) is 7.42. The minimum Gasteiger partial charge on any atom is -0.343 e. The van der Waals surface area contributed by atoms with E-state index in [9.17, 15) is 9.59 Å². The van der Waals surface area contributed by atoms with Crippen molar-refractivity contribution in [3.8, 4) is 0 Å². The van der Waals surface area contributed by atoms with E-state index >= 15 is 0 Å². The quantitative estimate of drug-likeness (QED) is 0.778. The van der Waals surface area contributed by atoms with Crippen molar-refractivity contribution >= 4 is 11.8 Å². The Labute approximate surface area is 122 Å². The molecule has 0 aromatic heterocycles. The Kier molecular flexibility index (Phi) is 4.71. The maximum absolute atomic E-state index is 12.3. The van der Waals surface area contributed by atoms with Crippen LogP contribution in [-0.2, 0) is 9.59 Å². The molecule has 0 aromatic rings. The minimum absolute atomic E-state index is 0.0410. The molecule has 0 unspecified atom stereocenters. The fraction of sp³-hybridized carbons (Fsp3) is 0.875. The Morgan fingerprint density at radius 3 is 2.00 bits per heavy atom. The van der Waals surface area contributed by atoms with Crippen LogP contribution in [-0.4, -0.2) is 47.8 Å². The molecule has 0 bridgehead atoms. The van der Waals surface area contributed by atoms with Crippen molar-refractivity contribution in [3.63, 3.8) is 0 Å². The molecule has 4 heteroatoms. The molecule has 2 rings (SSSR count). The molecule has 2 saturated heterocycles. The average molecular weight is 280 g/mol. The Morgan fingerprint density at radius 2 is 1.50 bits per heavy atom. The number of piperidine rings is 1. The molecular formula is C16H28N2O2. The van der Waals surface area contributed by atoms with Crippen LogP contribution in [0.3, 0.4) is 0 Å². The first kappa shape index (κ1) is 15.3. The Morgan fingerprint density at radius 1 is 0.950 bits per heavy atom. The van der Waals surface area contributed by atoms with Gasteiger partial charge in [0.1, 0.15) is 0 Å². The standard InChI is InChI=1S/C16H28N2O2/c1-16(2,3)12-14(19)17-10-6-13(7-11-17)15(20)18-8-4-5-9-18/h13H,4-12H2,1-3H3. The summed E-state index contributed by atoms with van der Waals surface area (Å²) in [6, 6.07) is 0. The summed E-state index contributed by atoms with van der Waals surface area (Å²) in [6.07, 6.45) is 4.57. The van der Waals surface area contributed by atoms with Gasteiger partial charge in [-0.15, -0.1) is 0 Å². The lowest BCUT2D eigenvalue weighted by Gasteiger charge is -2.34. The number of amides is 2. The summed E-state index contributed by atoms with van der Waals surface area (Å²) in [6.45, 7) is 9.64. The molecule has 0 atom stereocenters. The summed E-state index contributed by atoms with van der Waals surface area (Å²) in [5.74, 6) is 0.710. The molecule has 2 aliphatic rings. The zero-order chi connectivity index (χ0) is 14.8. The van der Waals surface area contributed by atoms with Gasteiger partial charge in [0.2, 0.25) is 11.8 Å². The molecule has 2 aliphatic heterocycles. The highest BCUT2D eigenvalue weighted by atomic mass is 16.2. The van der Waals surface area contributed by atoms with Crippen molar-refractivity contribution in [2.45, 2.75) is 52.9 Å². The lowest BCUT2D eigenvalue weighted by Crippen LogP contribution is -2.44. The van der Waals surface area contributed by atoms with Crippen molar-refractivity contribution in [1.29, 1.82) is 0 Å². The summed E-state index contributed by atoms with van der Waals surface area (Å²) >= 11 is 0. The smallest absolute Gasteiger partial charge is 0.225 e. The van der Waals surface area contributed by atoms with Gasteiger partial charge in [-0.25, -0.2) is 0 Å². The second-order valence-electron chi connectivity index (χ2n) is 7.42. The van der Waals surface area contributed by atoms with Gasteiger partial charge in [-0.2, -0.15) is 0 Å². The maximum atomic E-state index is 12.3. The summed E-state index contributed by atoms with van der Waals surface area (Å²) in [7, 11) is 0. The van der Waals surface area contributed by atoms with Gasteiger partial charge >= 0.3 is 0 Å². The van der Waals surface area contributed by atoms with Crippen LogP contribution in [0.15, 0.2) is 0 Å². The molecule has 0 saturated carbocycles. The highest BCUT2D eigenvalue weighted by Crippen LogP contribution is 2.25. The summed E-state index contributed by atoms with van der Waals surface area (Å²) in [4.78, 5) is 28.5. The third-order valence-electron chi connectivity index (χ3n) is 4.30. The molecule has 114 valence electrons. The van der Waals surface area contributed by atoms with E-state index in [0.29, 0.717) is 12.3 Å². The zero-order valence-corrected chi connectivity index (χ0v) is 13.2. The van der Waals surface area contributed by atoms with Crippen molar-refractivity contribution in [3.05, 3.63) is 0 Å². The van der Waals surface area contributed by atoms with E-state index < -0.39 is 0 Å². The van der Waals surface area contributed by atoms with Gasteiger partial charge in [0, 0.05) is 38.5 Å². The van der Waals surface area contributed by atoms with E-state index in [-0.39, 0.29) is 17.2 Å². The SMILES string of the molecule is CC(C)(C)CC(=O)N1CCC(C(=O)N2CCCC2)CC1. The molecule has 0 radical (unpaired) electrons. The second kappa shape index (κ2) is 6.15. The van der Waals surface area contributed by atoms with Crippen molar-refractivity contribution in [2.75, 3.05) is 26.2 Å². The summed E-state index contributed by atoms with van der Waals surface area (Å²) in [5, 5.41) is 0. The van der Waals surface area contributed by atoms with E-state index in [4.69, 9.17) is 0 Å². The van der Waals surface area contributed by atoms with Gasteiger partial charge in [0.05, 0.1) is 0 Å². The van der Waals surface area contributed by atoms with Crippen LogP contribution in [0.4, 0.5) is 0 Å². The molecule has 20 heavy (non-hydrogen) atoms. The number of carbonyl (C=O) groups excluding carboxylic acids is 2. The van der Waals surface area contributed by atoms with E-state index in [1.54, 1.807) is 0 Å². The third kappa shape index (κ3) is 3.97. The first-order chi connectivity index (χ1) is 9.37. The molecule has 2 heterocycles. The number of carbonyl (C=O) groups is 2. The van der Waals surface area contributed by atoms with Crippen LogP contribution in [0, 0.1) is 11.3 Å². The van der Waals surface area contributed by atoms with E-state index in [1.165, 1.54) is 0 Å². The lowest BCUT2D eigenvalue weighted by molar-refractivity contribution is -0.140. The first-order valence-electron chi connectivity index (χ1n) is 7.93. The van der Waals surface area contributed by atoms with Gasteiger partial charge in [-0.3, -0.25) is 9.59 Å². The number of nitrogens with zero attached hydrogens (tertiary/aromatic N) is 2. The van der Waals surface area contributed by atoms with Crippen LogP contribution in [0.25, 0.3) is 0 Å². The summed E-state index contributed by atoms with van der Waals surface area (Å²) < 4.78 is 0. The molecule has 2 amide bonds. The Hall–Kier alpha value is -1.06. The molecule has 0 aliphatic carbocycles. The topological polar surface area (TPSA) is 40.6 Å². The fourth-order valence-electron chi connectivity index (χ4n) is 3.14. The molecular weight excluding hydrogens is 252 g/mol. The summed E-state index contributed by atoms with van der Waals surface area (Å²) in [5.41, 5.74) is 0.0410. The van der Waals surface area contributed by atoms with Crippen molar-refractivity contribution in [1.82, 2.24) is 9.80 Å². The molecule has 0 N–H and O–H groups in total. The van der Waals surface area contributed by atoms with Crippen LogP contribution >= 0.6 is 0 Å². The monoisotopic (exact) mass is 280 g/mol. The highest BCUT2D eigenvalue weighted by molar-refractivity contribution is 5.80. The number of hydrogen-bond acceptors (Lipinski definition) is 2. The Bertz CT molecular complexity index is 359. The van der Waals surface area contributed by atoms with Crippen molar-refractivity contribution in [2.24, 2.45) is 11.3 Å². The average Bonchev–Trinajstić information content (AvgIpc) is 2.90. The predicted molar refractivity (Wildman–Crippen MR) is 79.2 cm³/mol. The number of likely N-dealkylation sites (tertiary alicyclic amines) is 2. The van der Waals surface area contributed by atoms with E-state index in [2.05, 4.69) is 20.8 Å². The van der Waals surface area contributed by atoms with Gasteiger partial charge in [0.15, 0.2) is 0 Å². The van der Waals surface area contributed by atoms with Gasteiger partial charge in [-0.1, -0.05) is 20.8 Å². The first-order valence-corrected chi connectivity index (χ1v) is 7.93. The molecule has 0 aromatic carbocycles. The van der Waals surface area contributed by atoms with Crippen LogP contribution in [0.5, 0.6) is 0 Å². The minimum atomic E-state index is 0.0410. The Balaban J connectivity index is 1.80. The number of hydrogen-bond donors (Lipinski definition) is 0. The van der Waals surface area contributed by atoms with Crippen molar-refractivity contribution < 1.29 is 9.59 Å². The van der Waals surface area contributed by atoms with Crippen LogP contribution < -0.4 is 0 Å². The highest BCUT2D eigenvalue weighted by Gasteiger charge is 2.31. The zero-order valence-electron chi connectivity index (χ0n) is 13.2. The molecule has 4 nitrogen and oxygen atoms in total. The largest absolute Gasteiger partial charge is 0.343 e. The van der Waals surface area contributed by atoms with E-state index in [1.807, 2.05) is 9.80 Å². The third-order valence-corrected chi connectivity index (χ3v) is 4.30. The molecule has 0 spiro atoms. The maximum Gasteiger partial charge on any atom is 0.225 e. The normalized spacial score (nSPS) is 21.4. The number of rotatable bonds is 2. The predicted octanol–water partition coefficient (Wildman–Crippen LogP) is 2.28.